The van der Waals surface area contributed by atoms with Gasteiger partial charge in [0.2, 0.25) is 0 Å². The summed E-state index contributed by atoms with van der Waals surface area (Å²) in [4.78, 5) is 10.4. The van der Waals surface area contributed by atoms with Gasteiger partial charge in [-0.25, -0.2) is 0 Å². The Labute approximate surface area is 122 Å². The minimum atomic E-state index is -0.391. The number of hydrogen-bond donors (Lipinski definition) is 1. The summed E-state index contributed by atoms with van der Waals surface area (Å²) in [5, 5.41) is 14.8. The third-order valence-electron chi connectivity index (χ3n) is 3.17. The maximum Gasteiger partial charge on any atom is 0.271 e. The van der Waals surface area contributed by atoms with E-state index in [-0.39, 0.29) is 11.7 Å². The highest BCUT2D eigenvalue weighted by atomic mass is 35.5. The van der Waals surface area contributed by atoms with Crippen LogP contribution in [0.25, 0.3) is 0 Å². The van der Waals surface area contributed by atoms with Gasteiger partial charge in [-0.2, -0.15) is 0 Å². The molecule has 0 amide bonds. The van der Waals surface area contributed by atoms with Gasteiger partial charge in [0, 0.05) is 28.9 Å². The summed E-state index contributed by atoms with van der Waals surface area (Å²) in [5.74, 6) is 0. The summed E-state index contributed by atoms with van der Waals surface area (Å²) in [7, 11) is 0. The van der Waals surface area contributed by atoms with Crippen molar-refractivity contribution in [1.82, 2.24) is 0 Å². The Bertz CT molecular complexity index is 626. The number of halogens is 1. The highest BCUT2D eigenvalue weighted by Crippen LogP contribution is 2.26. The van der Waals surface area contributed by atoms with Crippen molar-refractivity contribution in [2.24, 2.45) is 0 Å². The lowest BCUT2D eigenvalue weighted by molar-refractivity contribution is -0.384. The van der Waals surface area contributed by atoms with E-state index in [1.807, 2.05) is 38.1 Å². The number of anilines is 1. The van der Waals surface area contributed by atoms with Gasteiger partial charge in [-0.1, -0.05) is 29.8 Å². The van der Waals surface area contributed by atoms with Crippen LogP contribution in [-0.2, 0) is 0 Å². The van der Waals surface area contributed by atoms with Gasteiger partial charge in [-0.15, -0.1) is 0 Å². The van der Waals surface area contributed by atoms with Crippen LogP contribution in [0, 0.1) is 17.0 Å². The number of aryl methyl sites for hydroxylation is 1. The molecule has 4 nitrogen and oxygen atoms in total. The predicted molar refractivity (Wildman–Crippen MR) is 81.3 cm³/mol. The van der Waals surface area contributed by atoms with Gasteiger partial charge in [-0.05, 0) is 37.1 Å². The van der Waals surface area contributed by atoms with E-state index in [4.69, 9.17) is 11.6 Å². The Morgan fingerprint density at radius 3 is 2.45 bits per heavy atom. The summed E-state index contributed by atoms with van der Waals surface area (Å²) in [5.41, 5.74) is 2.89. The summed E-state index contributed by atoms with van der Waals surface area (Å²) in [6.07, 6.45) is 0. The maximum atomic E-state index is 10.8. The van der Waals surface area contributed by atoms with Crippen molar-refractivity contribution in [3.63, 3.8) is 0 Å². The number of nitrogens with zero attached hydrogens (tertiary/aromatic N) is 1. The van der Waals surface area contributed by atoms with Gasteiger partial charge >= 0.3 is 0 Å². The van der Waals surface area contributed by atoms with Gasteiger partial charge in [0.05, 0.1) is 4.92 Å². The molecular formula is C15H15ClN2O2. The third kappa shape index (κ3) is 3.27. The molecule has 1 atom stereocenters. The first kappa shape index (κ1) is 14.3. The van der Waals surface area contributed by atoms with Crippen LogP contribution in [0.1, 0.15) is 24.1 Å². The minimum absolute atomic E-state index is 0.0352. The van der Waals surface area contributed by atoms with Crippen molar-refractivity contribution in [2.45, 2.75) is 19.9 Å². The summed E-state index contributed by atoms with van der Waals surface area (Å²) in [6.45, 7) is 3.92. The second kappa shape index (κ2) is 5.92. The molecule has 0 spiro atoms. The Morgan fingerprint density at radius 1 is 1.20 bits per heavy atom. The molecule has 104 valence electrons. The summed E-state index contributed by atoms with van der Waals surface area (Å²) >= 11 is 5.86. The van der Waals surface area contributed by atoms with Crippen molar-refractivity contribution < 1.29 is 4.92 Å². The average Bonchev–Trinajstić information content (AvgIpc) is 2.41. The molecular weight excluding hydrogens is 276 g/mol. The quantitative estimate of drug-likeness (QED) is 0.654. The van der Waals surface area contributed by atoms with Crippen LogP contribution in [0.2, 0.25) is 5.02 Å². The van der Waals surface area contributed by atoms with Gasteiger partial charge in [0.25, 0.3) is 5.69 Å². The van der Waals surface area contributed by atoms with E-state index in [2.05, 4.69) is 5.32 Å². The molecule has 1 unspecified atom stereocenters. The first-order chi connectivity index (χ1) is 9.47. The highest BCUT2D eigenvalue weighted by Gasteiger charge is 2.11. The number of nitro groups is 1. The Hall–Kier alpha value is -2.07. The monoisotopic (exact) mass is 290 g/mol. The Morgan fingerprint density at radius 2 is 1.85 bits per heavy atom. The Kier molecular flexibility index (Phi) is 4.25. The maximum absolute atomic E-state index is 10.8. The van der Waals surface area contributed by atoms with Crippen molar-refractivity contribution >= 4 is 23.0 Å². The van der Waals surface area contributed by atoms with Crippen LogP contribution in [0.15, 0.2) is 42.5 Å². The second-order valence-corrected chi connectivity index (χ2v) is 5.11. The van der Waals surface area contributed by atoms with E-state index in [0.29, 0.717) is 5.02 Å². The van der Waals surface area contributed by atoms with Crippen molar-refractivity contribution in [3.8, 4) is 0 Å². The van der Waals surface area contributed by atoms with E-state index in [1.165, 1.54) is 6.07 Å². The summed E-state index contributed by atoms with van der Waals surface area (Å²) in [6, 6.07) is 12.4. The fourth-order valence-electron chi connectivity index (χ4n) is 1.95. The molecule has 0 aliphatic carbocycles. The molecule has 0 aliphatic rings. The first-order valence-corrected chi connectivity index (χ1v) is 6.62. The topological polar surface area (TPSA) is 55.2 Å². The van der Waals surface area contributed by atoms with Crippen LogP contribution in [0.5, 0.6) is 0 Å². The number of nitro benzene ring substituents is 1. The van der Waals surface area contributed by atoms with Crippen molar-refractivity contribution in [2.75, 3.05) is 5.32 Å². The second-order valence-electron chi connectivity index (χ2n) is 4.67. The summed E-state index contributed by atoms with van der Waals surface area (Å²) < 4.78 is 0. The zero-order chi connectivity index (χ0) is 14.7. The number of hydrogen-bond acceptors (Lipinski definition) is 3. The fourth-order valence-corrected chi connectivity index (χ4v) is 2.07. The lowest BCUT2D eigenvalue weighted by atomic mass is 10.1. The van der Waals surface area contributed by atoms with Crippen LogP contribution in [-0.4, -0.2) is 4.92 Å². The molecule has 0 saturated heterocycles. The standard InChI is InChI=1S/C15H15ClN2O2/c1-10-3-8-14(18(19)20)9-15(10)17-11(2)12-4-6-13(16)7-5-12/h3-9,11,17H,1-2H3. The van der Waals surface area contributed by atoms with E-state index >= 15 is 0 Å². The van der Waals surface area contributed by atoms with Gasteiger partial charge in [-0.3, -0.25) is 10.1 Å². The van der Waals surface area contributed by atoms with E-state index in [9.17, 15) is 10.1 Å². The molecule has 0 aliphatic heterocycles. The number of nitrogens with one attached hydrogen (secondary N) is 1. The minimum Gasteiger partial charge on any atom is -0.378 e. The molecule has 0 saturated carbocycles. The molecule has 1 N–H and O–H groups in total. The molecule has 20 heavy (non-hydrogen) atoms. The van der Waals surface area contributed by atoms with Crippen LogP contribution >= 0.6 is 11.6 Å². The SMILES string of the molecule is Cc1ccc([N+](=O)[O-])cc1NC(C)c1ccc(Cl)cc1. The molecule has 2 rings (SSSR count). The molecule has 0 fully saturated rings. The number of non-ortho nitro benzene ring substituents is 1. The van der Waals surface area contributed by atoms with Gasteiger partial charge in [0.15, 0.2) is 0 Å². The number of benzene rings is 2. The Balaban J connectivity index is 2.22. The first-order valence-electron chi connectivity index (χ1n) is 6.24. The van der Waals surface area contributed by atoms with Crippen LogP contribution in [0.4, 0.5) is 11.4 Å². The van der Waals surface area contributed by atoms with Crippen LogP contribution in [0.3, 0.4) is 0 Å². The lowest BCUT2D eigenvalue weighted by Crippen LogP contribution is -2.07. The van der Waals surface area contributed by atoms with Gasteiger partial charge < -0.3 is 5.32 Å². The smallest absolute Gasteiger partial charge is 0.271 e. The number of rotatable bonds is 4. The molecule has 2 aromatic rings. The largest absolute Gasteiger partial charge is 0.378 e. The van der Waals surface area contributed by atoms with E-state index in [1.54, 1.807) is 12.1 Å². The zero-order valence-electron chi connectivity index (χ0n) is 11.3. The van der Waals surface area contributed by atoms with Gasteiger partial charge in [0.1, 0.15) is 0 Å². The molecule has 0 heterocycles. The third-order valence-corrected chi connectivity index (χ3v) is 3.43. The lowest BCUT2D eigenvalue weighted by Gasteiger charge is -2.17. The normalized spacial score (nSPS) is 11.9. The molecule has 0 aromatic heterocycles. The van der Waals surface area contributed by atoms with Crippen molar-refractivity contribution in [3.05, 3.63) is 68.7 Å². The molecule has 0 radical (unpaired) electrons. The zero-order valence-corrected chi connectivity index (χ0v) is 12.0. The molecule has 2 aromatic carbocycles. The van der Waals surface area contributed by atoms with E-state index in [0.717, 1.165) is 16.8 Å². The highest BCUT2D eigenvalue weighted by molar-refractivity contribution is 6.30. The predicted octanol–water partition coefficient (Wildman–Crippen LogP) is 4.73. The van der Waals surface area contributed by atoms with Crippen LogP contribution < -0.4 is 5.32 Å². The fraction of sp³-hybridized carbons (Fsp3) is 0.200. The van der Waals surface area contributed by atoms with Crippen molar-refractivity contribution in [1.29, 1.82) is 0 Å². The van der Waals surface area contributed by atoms with E-state index < -0.39 is 4.92 Å². The molecule has 5 heteroatoms. The average molecular weight is 291 g/mol. The molecule has 0 bridgehead atoms.